The third kappa shape index (κ3) is 4.02. The van der Waals surface area contributed by atoms with Crippen molar-refractivity contribution in [2.45, 2.75) is 12.8 Å². The van der Waals surface area contributed by atoms with Gasteiger partial charge in [-0.2, -0.15) is 0 Å². The molecule has 2 heterocycles. The molecule has 1 aromatic rings. The summed E-state index contributed by atoms with van der Waals surface area (Å²) in [6, 6.07) is 9.89. The number of ether oxygens (including phenoxy) is 3. The number of esters is 1. The predicted molar refractivity (Wildman–Crippen MR) is 93.6 cm³/mol. The molecule has 0 saturated carbocycles. The Labute approximate surface area is 149 Å². The Morgan fingerprint density at radius 2 is 2.12 bits per heavy atom. The van der Waals surface area contributed by atoms with Crippen LogP contribution < -0.4 is 4.74 Å². The van der Waals surface area contributed by atoms with Crippen molar-refractivity contribution in [2.75, 3.05) is 46.6 Å². The van der Waals surface area contributed by atoms with E-state index in [1.165, 1.54) is 7.11 Å². The monoisotopic (exact) mass is 355 g/mol. The van der Waals surface area contributed by atoms with E-state index in [1.807, 2.05) is 30.3 Å². The van der Waals surface area contributed by atoms with Gasteiger partial charge >= 0.3 is 5.97 Å². The molecule has 1 aromatic carbocycles. The van der Waals surface area contributed by atoms with Crippen molar-refractivity contribution >= 4 is 18.4 Å². The minimum Gasteiger partial charge on any atom is -0.494 e. The lowest BCUT2D eigenvalue weighted by Crippen LogP contribution is -2.40. The summed E-state index contributed by atoms with van der Waals surface area (Å²) in [5.41, 5.74) is -0.435. The summed E-state index contributed by atoms with van der Waals surface area (Å²) in [4.78, 5) is 14.5. The minimum atomic E-state index is -0.435. The molecular formula is C18H26ClNO4. The highest BCUT2D eigenvalue weighted by Gasteiger charge is 2.56. The zero-order chi connectivity index (χ0) is 16.1. The van der Waals surface area contributed by atoms with E-state index in [0.717, 1.165) is 44.8 Å². The lowest BCUT2D eigenvalue weighted by atomic mass is 9.81. The van der Waals surface area contributed by atoms with E-state index in [2.05, 4.69) is 4.90 Å². The Morgan fingerprint density at radius 3 is 2.88 bits per heavy atom. The summed E-state index contributed by atoms with van der Waals surface area (Å²) < 4.78 is 16.3. The maximum atomic E-state index is 12.1. The Kier molecular flexibility index (Phi) is 6.90. The minimum absolute atomic E-state index is 0. The van der Waals surface area contributed by atoms with Crippen LogP contribution >= 0.6 is 12.4 Å². The zero-order valence-electron chi connectivity index (χ0n) is 14.1. The molecule has 0 N–H and O–H groups in total. The normalized spacial score (nSPS) is 25.8. The van der Waals surface area contributed by atoms with E-state index in [1.54, 1.807) is 0 Å². The van der Waals surface area contributed by atoms with Crippen molar-refractivity contribution in [1.29, 1.82) is 0 Å². The lowest BCUT2D eigenvalue weighted by molar-refractivity contribution is -0.153. The Hall–Kier alpha value is -1.30. The molecule has 2 aliphatic heterocycles. The van der Waals surface area contributed by atoms with E-state index in [4.69, 9.17) is 14.2 Å². The third-order valence-corrected chi connectivity index (χ3v) is 4.92. The van der Waals surface area contributed by atoms with Crippen LogP contribution in [0, 0.1) is 11.3 Å². The molecule has 0 aliphatic carbocycles. The van der Waals surface area contributed by atoms with Crippen LogP contribution in [0.3, 0.4) is 0 Å². The molecule has 2 fully saturated rings. The number of hydrogen-bond donors (Lipinski definition) is 0. The number of fused-ring (bicyclic) bond motifs is 1. The van der Waals surface area contributed by atoms with Gasteiger partial charge in [0.2, 0.25) is 0 Å². The summed E-state index contributed by atoms with van der Waals surface area (Å²) in [5.74, 6) is 1.08. The molecule has 2 aliphatic rings. The molecule has 0 amide bonds. The van der Waals surface area contributed by atoms with Gasteiger partial charge in [0.25, 0.3) is 0 Å². The van der Waals surface area contributed by atoms with Gasteiger partial charge in [0.1, 0.15) is 11.2 Å². The number of benzene rings is 1. The fourth-order valence-electron chi connectivity index (χ4n) is 3.65. The molecular weight excluding hydrogens is 330 g/mol. The molecule has 0 unspecified atom stereocenters. The maximum absolute atomic E-state index is 12.1. The summed E-state index contributed by atoms with van der Waals surface area (Å²) in [6.45, 7) is 4.57. The van der Waals surface area contributed by atoms with Gasteiger partial charge in [-0.3, -0.25) is 4.79 Å². The third-order valence-electron chi connectivity index (χ3n) is 4.92. The second-order valence-electron chi connectivity index (χ2n) is 6.46. The number of nitrogens with zero attached hydrogens (tertiary/aromatic N) is 1. The van der Waals surface area contributed by atoms with Crippen LogP contribution in [0.15, 0.2) is 30.3 Å². The SMILES string of the molecule is COC(=O)[C@@]12COC[C@@H]1CN(CCCCOc1ccccc1)C2.Cl. The van der Waals surface area contributed by atoms with Crippen LogP contribution in [0.4, 0.5) is 0 Å². The smallest absolute Gasteiger partial charge is 0.315 e. The Bertz CT molecular complexity index is 527. The van der Waals surface area contributed by atoms with E-state index in [-0.39, 0.29) is 24.3 Å². The van der Waals surface area contributed by atoms with Gasteiger partial charge in [-0.1, -0.05) is 18.2 Å². The fourth-order valence-corrected chi connectivity index (χ4v) is 3.65. The highest BCUT2D eigenvalue weighted by molar-refractivity contribution is 5.85. The van der Waals surface area contributed by atoms with Crippen molar-refractivity contribution in [3.05, 3.63) is 30.3 Å². The maximum Gasteiger partial charge on any atom is 0.315 e. The van der Waals surface area contributed by atoms with Crippen LogP contribution in [0.5, 0.6) is 5.75 Å². The number of methoxy groups -OCH3 is 1. The molecule has 6 heteroatoms. The van der Waals surface area contributed by atoms with Crippen molar-refractivity contribution in [2.24, 2.45) is 11.3 Å². The van der Waals surface area contributed by atoms with Crippen molar-refractivity contribution in [3.8, 4) is 5.75 Å². The number of unbranched alkanes of at least 4 members (excludes halogenated alkanes) is 1. The first-order valence-electron chi connectivity index (χ1n) is 8.31. The van der Waals surface area contributed by atoms with Crippen LogP contribution in [0.2, 0.25) is 0 Å². The van der Waals surface area contributed by atoms with E-state index >= 15 is 0 Å². The van der Waals surface area contributed by atoms with Crippen molar-refractivity contribution in [1.82, 2.24) is 4.90 Å². The van der Waals surface area contributed by atoms with Crippen molar-refractivity contribution in [3.63, 3.8) is 0 Å². The molecule has 5 nitrogen and oxygen atoms in total. The fraction of sp³-hybridized carbons (Fsp3) is 0.611. The zero-order valence-corrected chi connectivity index (χ0v) is 14.9. The van der Waals surface area contributed by atoms with Gasteiger partial charge in [0.05, 0.1) is 26.9 Å². The quantitative estimate of drug-likeness (QED) is 0.555. The summed E-state index contributed by atoms with van der Waals surface area (Å²) in [7, 11) is 1.47. The predicted octanol–water partition coefficient (Wildman–Crippen LogP) is 2.39. The molecule has 0 spiro atoms. The van der Waals surface area contributed by atoms with Gasteiger partial charge in [-0.05, 0) is 31.5 Å². The van der Waals surface area contributed by atoms with Crippen LogP contribution in [-0.4, -0.2) is 57.4 Å². The first kappa shape index (κ1) is 19.0. The van der Waals surface area contributed by atoms with Gasteiger partial charge in [0.15, 0.2) is 0 Å². The Balaban J connectivity index is 0.00000208. The van der Waals surface area contributed by atoms with Gasteiger partial charge in [-0.15, -0.1) is 12.4 Å². The van der Waals surface area contributed by atoms with Gasteiger partial charge in [0, 0.05) is 19.0 Å². The number of rotatable bonds is 7. The molecule has 0 aromatic heterocycles. The highest BCUT2D eigenvalue weighted by Crippen LogP contribution is 2.42. The number of carbonyl (C=O) groups is 1. The Morgan fingerprint density at radius 1 is 1.33 bits per heavy atom. The molecule has 2 atom stereocenters. The molecule has 0 bridgehead atoms. The first-order chi connectivity index (χ1) is 11.2. The molecule has 2 saturated heterocycles. The number of halogens is 1. The van der Waals surface area contributed by atoms with E-state index in [0.29, 0.717) is 13.2 Å². The van der Waals surface area contributed by atoms with Crippen LogP contribution in [0.1, 0.15) is 12.8 Å². The molecule has 3 rings (SSSR count). The van der Waals surface area contributed by atoms with Crippen molar-refractivity contribution < 1.29 is 19.0 Å². The second-order valence-corrected chi connectivity index (χ2v) is 6.46. The van der Waals surface area contributed by atoms with E-state index < -0.39 is 5.41 Å². The summed E-state index contributed by atoms with van der Waals surface area (Å²) in [6.07, 6.45) is 2.08. The average molecular weight is 356 g/mol. The summed E-state index contributed by atoms with van der Waals surface area (Å²) in [5, 5.41) is 0. The molecule has 24 heavy (non-hydrogen) atoms. The topological polar surface area (TPSA) is 48.0 Å². The summed E-state index contributed by atoms with van der Waals surface area (Å²) >= 11 is 0. The van der Waals surface area contributed by atoms with E-state index in [9.17, 15) is 4.79 Å². The van der Waals surface area contributed by atoms with Crippen LogP contribution in [0.25, 0.3) is 0 Å². The average Bonchev–Trinajstić information content (AvgIpc) is 3.12. The van der Waals surface area contributed by atoms with Gasteiger partial charge in [-0.25, -0.2) is 0 Å². The molecule has 134 valence electrons. The first-order valence-corrected chi connectivity index (χ1v) is 8.31. The largest absolute Gasteiger partial charge is 0.494 e. The number of hydrogen-bond acceptors (Lipinski definition) is 5. The van der Waals surface area contributed by atoms with Gasteiger partial charge < -0.3 is 19.1 Å². The number of para-hydroxylation sites is 1. The number of likely N-dealkylation sites (tertiary alicyclic amines) is 1. The second kappa shape index (κ2) is 8.70. The number of carbonyl (C=O) groups excluding carboxylic acids is 1. The standard InChI is InChI=1S/C18H25NO4.ClH/c1-21-17(20)18-13-19(11-15(18)12-22-14-18)9-5-6-10-23-16-7-3-2-4-8-16;/h2-4,7-8,15H,5-6,9-14H2,1H3;1H/t15-,18-;/m0./s1. The lowest BCUT2D eigenvalue weighted by Gasteiger charge is -2.24. The highest BCUT2D eigenvalue weighted by atomic mass is 35.5. The molecule has 0 radical (unpaired) electrons. The van der Waals surface area contributed by atoms with Crippen LogP contribution in [-0.2, 0) is 14.3 Å².